The summed E-state index contributed by atoms with van der Waals surface area (Å²) in [7, 11) is 0. The van der Waals surface area contributed by atoms with E-state index in [2.05, 4.69) is 33.2 Å². The number of rotatable bonds is 3. The predicted molar refractivity (Wildman–Crippen MR) is 79.0 cm³/mol. The second kappa shape index (κ2) is 4.75. The van der Waals surface area contributed by atoms with Crippen LogP contribution < -0.4 is 5.32 Å². The van der Waals surface area contributed by atoms with E-state index in [0.29, 0.717) is 11.0 Å². The third-order valence-corrected chi connectivity index (χ3v) is 5.41. The number of thiazole rings is 1. The number of carbonyl (C=O) groups is 1. The minimum Gasteiger partial charge on any atom is -0.302 e. The van der Waals surface area contributed by atoms with Gasteiger partial charge >= 0.3 is 0 Å². The van der Waals surface area contributed by atoms with Crippen LogP contribution in [-0.4, -0.2) is 10.9 Å². The Balaban J connectivity index is 1.71. The molecule has 0 aliphatic heterocycles. The van der Waals surface area contributed by atoms with Crippen LogP contribution in [0, 0.1) is 11.8 Å². The lowest BCUT2D eigenvalue weighted by Crippen LogP contribution is -2.14. The highest BCUT2D eigenvalue weighted by molar-refractivity contribution is 9.11. The SMILES string of the molecule is C[C@@H]1C[C@H]1C(=O)Nc1nc(-c2ccc(Br)s2)cs1. The lowest BCUT2D eigenvalue weighted by atomic mass is 10.3. The molecular formula is C12H11BrN2OS2. The van der Waals surface area contributed by atoms with E-state index in [4.69, 9.17) is 0 Å². The van der Waals surface area contributed by atoms with E-state index in [1.54, 1.807) is 11.3 Å². The van der Waals surface area contributed by atoms with E-state index in [-0.39, 0.29) is 11.8 Å². The zero-order valence-electron chi connectivity index (χ0n) is 9.64. The van der Waals surface area contributed by atoms with Gasteiger partial charge in [0.25, 0.3) is 0 Å². The summed E-state index contributed by atoms with van der Waals surface area (Å²) < 4.78 is 1.09. The van der Waals surface area contributed by atoms with Crippen molar-refractivity contribution < 1.29 is 4.79 Å². The van der Waals surface area contributed by atoms with E-state index in [1.807, 2.05) is 17.5 Å². The fourth-order valence-corrected chi connectivity index (χ4v) is 3.92. The van der Waals surface area contributed by atoms with Gasteiger partial charge in [-0.1, -0.05) is 6.92 Å². The Bertz CT molecular complexity index is 592. The molecule has 94 valence electrons. The summed E-state index contributed by atoms with van der Waals surface area (Å²) in [6.07, 6.45) is 1.00. The molecule has 0 aromatic carbocycles. The molecule has 0 saturated heterocycles. The number of amides is 1. The van der Waals surface area contributed by atoms with Gasteiger partial charge in [-0.05, 0) is 40.4 Å². The maximum atomic E-state index is 11.8. The Kier molecular flexibility index (Phi) is 3.25. The number of carbonyl (C=O) groups excluding carboxylic acids is 1. The Labute approximate surface area is 121 Å². The molecule has 1 amide bonds. The van der Waals surface area contributed by atoms with E-state index in [1.165, 1.54) is 11.3 Å². The number of hydrogen-bond donors (Lipinski definition) is 1. The number of nitrogens with one attached hydrogen (secondary N) is 1. The van der Waals surface area contributed by atoms with Crippen molar-refractivity contribution in [3.05, 3.63) is 21.3 Å². The smallest absolute Gasteiger partial charge is 0.229 e. The van der Waals surface area contributed by atoms with Gasteiger partial charge in [0, 0.05) is 11.3 Å². The maximum absolute atomic E-state index is 11.8. The first-order valence-corrected chi connectivity index (χ1v) is 8.14. The van der Waals surface area contributed by atoms with Crippen LogP contribution in [0.2, 0.25) is 0 Å². The first-order chi connectivity index (χ1) is 8.63. The van der Waals surface area contributed by atoms with Gasteiger partial charge in [-0.3, -0.25) is 4.79 Å². The van der Waals surface area contributed by atoms with E-state index < -0.39 is 0 Å². The van der Waals surface area contributed by atoms with E-state index >= 15 is 0 Å². The molecule has 1 fully saturated rings. The standard InChI is InChI=1S/C12H11BrN2OS2/c1-6-4-7(6)11(16)15-12-14-8(5-17-12)9-2-3-10(13)18-9/h2-3,5-7H,4H2,1H3,(H,14,15,16)/t6-,7-/m1/s1. The minimum absolute atomic E-state index is 0.107. The summed E-state index contributed by atoms with van der Waals surface area (Å²) in [5, 5.41) is 5.56. The maximum Gasteiger partial charge on any atom is 0.229 e. The molecule has 6 heteroatoms. The third kappa shape index (κ3) is 2.50. The summed E-state index contributed by atoms with van der Waals surface area (Å²) in [4.78, 5) is 17.3. The zero-order chi connectivity index (χ0) is 12.7. The summed E-state index contributed by atoms with van der Waals surface area (Å²) in [6.45, 7) is 2.10. The largest absolute Gasteiger partial charge is 0.302 e. The van der Waals surface area contributed by atoms with Crippen LogP contribution in [0.3, 0.4) is 0 Å². The number of nitrogens with zero attached hydrogens (tertiary/aromatic N) is 1. The highest BCUT2D eigenvalue weighted by atomic mass is 79.9. The Morgan fingerprint density at radius 1 is 1.56 bits per heavy atom. The van der Waals surface area contributed by atoms with Gasteiger partial charge in [-0.2, -0.15) is 0 Å². The molecular weight excluding hydrogens is 332 g/mol. The van der Waals surface area contributed by atoms with Crippen molar-refractivity contribution in [3.8, 4) is 10.6 Å². The summed E-state index contributed by atoms with van der Waals surface area (Å²) in [5.74, 6) is 0.821. The zero-order valence-corrected chi connectivity index (χ0v) is 12.9. The molecule has 2 aromatic heterocycles. The Morgan fingerprint density at radius 2 is 2.33 bits per heavy atom. The molecule has 2 atom stereocenters. The fraction of sp³-hybridized carbons (Fsp3) is 0.333. The normalized spacial score (nSPS) is 21.9. The molecule has 1 N–H and O–H groups in total. The van der Waals surface area contributed by atoms with Crippen LogP contribution in [0.1, 0.15) is 13.3 Å². The fourth-order valence-electron chi connectivity index (χ4n) is 1.78. The van der Waals surface area contributed by atoms with Crippen molar-refractivity contribution in [2.45, 2.75) is 13.3 Å². The van der Waals surface area contributed by atoms with Crippen molar-refractivity contribution in [2.75, 3.05) is 5.32 Å². The molecule has 3 rings (SSSR count). The molecule has 18 heavy (non-hydrogen) atoms. The van der Waals surface area contributed by atoms with Crippen LogP contribution in [0.4, 0.5) is 5.13 Å². The molecule has 0 unspecified atom stereocenters. The number of aromatic nitrogens is 1. The highest BCUT2D eigenvalue weighted by Gasteiger charge is 2.39. The average molecular weight is 343 g/mol. The van der Waals surface area contributed by atoms with Crippen LogP contribution in [0.5, 0.6) is 0 Å². The van der Waals surface area contributed by atoms with Crippen LogP contribution in [0.15, 0.2) is 21.3 Å². The number of anilines is 1. The van der Waals surface area contributed by atoms with Crippen LogP contribution in [-0.2, 0) is 4.79 Å². The summed E-state index contributed by atoms with van der Waals surface area (Å²) in [6, 6.07) is 4.03. The molecule has 0 bridgehead atoms. The van der Waals surface area contributed by atoms with Gasteiger partial charge in [-0.15, -0.1) is 22.7 Å². The molecule has 1 aliphatic carbocycles. The minimum atomic E-state index is 0.107. The van der Waals surface area contributed by atoms with Crippen molar-refractivity contribution in [2.24, 2.45) is 11.8 Å². The van der Waals surface area contributed by atoms with Crippen molar-refractivity contribution in [1.29, 1.82) is 0 Å². The van der Waals surface area contributed by atoms with Crippen LogP contribution >= 0.6 is 38.6 Å². The second-order valence-electron chi connectivity index (χ2n) is 4.45. The average Bonchev–Trinajstić information content (AvgIpc) is 2.77. The van der Waals surface area contributed by atoms with Gasteiger partial charge in [0.1, 0.15) is 0 Å². The second-order valence-corrected chi connectivity index (χ2v) is 7.77. The first-order valence-electron chi connectivity index (χ1n) is 5.65. The Morgan fingerprint density at radius 3 is 2.94 bits per heavy atom. The van der Waals surface area contributed by atoms with Crippen molar-refractivity contribution in [1.82, 2.24) is 4.98 Å². The molecule has 0 spiro atoms. The molecule has 0 radical (unpaired) electrons. The monoisotopic (exact) mass is 342 g/mol. The highest BCUT2D eigenvalue weighted by Crippen LogP contribution is 2.39. The Hall–Kier alpha value is -0.720. The predicted octanol–water partition coefficient (Wildman–Crippen LogP) is 4.23. The van der Waals surface area contributed by atoms with Gasteiger partial charge in [0.15, 0.2) is 5.13 Å². The molecule has 1 saturated carbocycles. The number of thiophene rings is 1. The first kappa shape index (κ1) is 12.3. The van der Waals surface area contributed by atoms with Crippen LogP contribution in [0.25, 0.3) is 10.6 Å². The van der Waals surface area contributed by atoms with E-state index in [9.17, 15) is 4.79 Å². The summed E-state index contributed by atoms with van der Waals surface area (Å²) in [5.41, 5.74) is 0.926. The number of hydrogen-bond acceptors (Lipinski definition) is 4. The third-order valence-electron chi connectivity index (χ3n) is 3.01. The van der Waals surface area contributed by atoms with Gasteiger partial charge in [0.2, 0.25) is 5.91 Å². The number of halogens is 1. The quantitative estimate of drug-likeness (QED) is 0.906. The van der Waals surface area contributed by atoms with Gasteiger partial charge in [0.05, 0.1) is 14.4 Å². The molecule has 1 aliphatic rings. The lowest BCUT2D eigenvalue weighted by Gasteiger charge is -1.98. The topological polar surface area (TPSA) is 42.0 Å². The lowest BCUT2D eigenvalue weighted by molar-refractivity contribution is -0.117. The van der Waals surface area contributed by atoms with Crippen molar-refractivity contribution >= 4 is 49.6 Å². The van der Waals surface area contributed by atoms with Gasteiger partial charge in [-0.25, -0.2) is 4.98 Å². The van der Waals surface area contributed by atoms with Crippen molar-refractivity contribution in [3.63, 3.8) is 0 Å². The summed E-state index contributed by atoms with van der Waals surface area (Å²) >= 11 is 6.55. The molecule has 2 aromatic rings. The van der Waals surface area contributed by atoms with E-state index in [0.717, 1.165) is 20.8 Å². The van der Waals surface area contributed by atoms with Gasteiger partial charge < -0.3 is 5.32 Å². The molecule has 3 nitrogen and oxygen atoms in total. The molecule has 2 heterocycles.